The summed E-state index contributed by atoms with van der Waals surface area (Å²) < 4.78 is 5.52. The number of rotatable bonds is 7. The Hall–Kier alpha value is -1.59. The Balaban J connectivity index is 2.88. The average Bonchev–Trinajstić information content (AvgIpc) is 2.34. The fourth-order valence-corrected chi connectivity index (χ4v) is 1.39. The second-order valence-electron chi connectivity index (χ2n) is 4.43. The van der Waals surface area contributed by atoms with Gasteiger partial charge in [0, 0.05) is 20.6 Å². The summed E-state index contributed by atoms with van der Waals surface area (Å²) in [5.41, 5.74) is 0. The Bertz CT molecular complexity index is 369. The molecule has 18 heavy (non-hydrogen) atoms. The third kappa shape index (κ3) is 4.35. The minimum absolute atomic E-state index is 0.0471. The molecule has 0 aliphatic rings. The van der Waals surface area contributed by atoms with Crippen molar-refractivity contribution >= 4 is 11.9 Å². The first-order valence-electron chi connectivity index (χ1n) is 6.38. The van der Waals surface area contributed by atoms with Gasteiger partial charge in [-0.2, -0.15) is 15.0 Å². The molecule has 1 N–H and O–H groups in total. The topological polar surface area (TPSA) is 63.2 Å². The van der Waals surface area contributed by atoms with Crippen molar-refractivity contribution in [3.63, 3.8) is 0 Å². The number of hydrogen-bond acceptors (Lipinski definition) is 6. The van der Waals surface area contributed by atoms with Crippen LogP contribution < -0.4 is 15.0 Å². The lowest BCUT2D eigenvalue weighted by atomic mass is 10.3. The molecule has 0 saturated carbocycles. The highest BCUT2D eigenvalue weighted by Crippen LogP contribution is 2.15. The summed E-state index contributed by atoms with van der Waals surface area (Å²) in [6.07, 6.45) is 2.30. The second-order valence-corrected chi connectivity index (χ2v) is 4.43. The predicted octanol–water partition coefficient (Wildman–Crippen LogP) is 1.94. The number of unbranched alkanes of at least 4 members (excludes halogenated alkanes) is 1. The number of nitrogens with one attached hydrogen (secondary N) is 1. The third-order valence-electron chi connectivity index (χ3n) is 2.36. The molecule has 0 fully saturated rings. The highest BCUT2D eigenvalue weighted by Gasteiger charge is 2.11. The maximum absolute atomic E-state index is 5.52. The molecule has 0 atom stereocenters. The molecular weight excluding hydrogens is 230 g/mol. The zero-order valence-electron chi connectivity index (χ0n) is 11.9. The Morgan fingerprint density at radius 1 is 1.28 bits per heavy atom. The first-order valence-corrected chi connectivity index (χ1v) is 6.38. The van der Waals surface area contributed by atoms with Crippen molar-refractivity contribution < 1.29 is 4.74 Å². The van der Waals surface area contributed by atoms with Crippen LogP contribution in [0.25, 0.3) is 0 Å². The van der Waals surface area contributed by atoms with Crippen LogP contribution in [0.5, 0.6) is 6.01 Å². The molecule has 0 radical (unpaired) electrons. The molecule has 0 bridgehead atoms. The summed E-state index contributed by atoms with van der Waals surface area (Å²) >= 11 is 0. The number of aromatic nitrogens is 3. The summed E-state index contributed by atoms with van der Waals surface area (Å²) in [4.78, 5) is 14.8. The van der Waals surface area contributed by atoms with Crippen molar-refractivity contribution in [1.82, 2.24) is 15.0 Å². The number of ether oxygens (including phenoxy) is 1. The molecule has 6 heteroatoms. The van der Waals surface area contributed by atoms with Crippen molar-refractivity contribution in [2.45, 2.75) is 39.7 Å². The minimum atomic E-state index is 0.0471. The van der Waals surface area contributed by atoms with Crippen LogP contribution in [0.2, 0.25) is 0 Å². The van der Waals surface area contributed by atoms with Crippen LogP contribution in [0, 0.1) is 0 Å². The quantitative estimate of drug-likeness (QED) is 0.801. The Morgan fingerprint density at radius 3 is 2.56 bits per heavy atom. The van der Waals surface area contributed by atoms with Crippen LogP contribution in [0.4, 0.5) is 11.9 Å². The molecule has 0 aliphatic heterocycles. The SMILES string of the molecule is CCCCN(C)c1nc(NC)nc(OC(C)C)n1. The van der Waals surface area contributed by atoms with E-state index in [1.54, 1.807) is 7.05 Å². The van der Waals surface area contributed by atoms with Gasteiger partial charge in [0.15, 0.2) is 0 Å². The Kier molecular flexibility index (Phi) is 5.61. The number of anilines is 2. The van der Waals surface area contributed by atoms with Gasteiger partial charge in [-0.1, -0.05) is 13.3 Å². The standard InChI is InChI=1S/C12H23N5O/c1-6-7-8-17(5)11-14-10(13-4)15-12(16-11)18-9(2)3/h9H,6-8H2,1-5H3,(H,13,14,15,16). The van der Waals surface area contributed by atoms with Crippen molar-refractivity contribution in [3.8, 4) is 6.01 Å². The zero-order chi connectivity index (χ0) is 13.5. The van der Waals surface area contributed by atoms with E-state index in [1.165, 1.54) is 0 Å². The van der Waals surface area contributed by atoms with Gasteiger partial charge in [-0.15, -0.1) is 0 Å². The van der Waals surface area contributed by atoms with E-state index < -0.39 is 0 Å². The molecule has 0 saturated heterocycles. The summed E-state index contributed by atoms with van der Waals surface area (Å²) in [5.74, 6) is 1.16. The fraction of sp³-hybridized carbons (Fsp3) is 0.750. The van der Waals surface area contributed by atoms with E-state index in [2.05, 4.69) is 27.2 Å². The molecule has 1 rings (SSSR count). The highest BCUT2D eigenvalue weighted by molar-refractivity contribution is 5.37. The van der Waals surface area contributed by atoms with Gasteiger partial charge < -0.3 is 15.0 Å². The van der Waals surface area contributed by atoms with Crippen molar-refractivity contribution in [3.05, 3.63) is 0 Å². The lowest BCUT2D eigenvalue weighted by molar-refractivity contribution is 0.222. The maximum Gasteiger partial charge on any atom is 0.323 e. The van der Waals surface area contributed by atoms with Gasteiger partial charge in [0.2, 0.25) is 11.9 Å². The summed E-state index contributed by atoms with van der Waals surface area (Å²) in [6, 6.07) is 0.364. The third-order valence-corrected chi connectivity index (χ3v) is 2.36. The maximum atomic E-state index is 5.52. The van der Waals surface area contributed by atoms with Crippen LogP contribution in [-0.4, -0.2) is 41.7 Å². The highest BCUT2D eigenvalue weighted by atomic mass is 16.5. The average molecular weight is 253 g/mol. The molecule has 0 spiro atoms. The molecule has 0 unspecified atom stereocenters. The van der Waals surface area contributed by atoms with E-state index in [4.69, 9.17) is 4.74 Å². The summed E-state index contributed by atoms with van der Waals surface area (Å²) in [5, 5.41) is 2.92. The first-order chi connectivity index (χ1) is 8.56. The largest absolute Gasteiger partial charge is 0.461 e. The van der Waals surface area contributed by atoms with Crippen molar-refractivity contribution in [1.29, 1.82) is 0 Å². The van der Waals surface area contributed by atoms with Crippen LogP contribution >= 0.6 is 0 Å². The molecule has 0 aromatic carbocycles. The van der Waals surface area contributed by atoms with E-state index >= 15 is 0 Å². The summed E-state index contributed by atoms with van der Waals surface area (Å²) in [6.45, 7) is 6.98. The zero-order valence-corrected chi connectivity index (χ0v) is 11.9. The second kappa shape index (κ2) is 6.98. The van der Waals surface area contributed by atoms with Gasteiger partial charge >= 0.3 is 6.01 Å². The van der Waals surface area contributed by atoms with Crippen LogP contribution in [0.1, 0.15) is 33.6 Å². The van der Waals surface area contributed by atoms with E-state index in [9.17, 15) is 0 Å². The number of hydrogen-bond donors (Lipinski definition) is 1. The monoisotopic (exact) mass is 253 g/mol. The van der Waals surface area contributed by atoms with E-state index in [0.717, 1.165) is 19.4 Å². The normalized spacial score (nSPS) is 10.6. The van der Waals surface area contributed by atoms with E-state index in [1.807, 2.05) is 25.8 Å². The molecule has 0 amide bonds. The smallest absolute Gasteiger partial charge is 0.323 e. The number of nitrogens with zero attached hydrogens (tertiary/aromatic N) is 4. The van der Waals surface area contributed by atoms with Gasteiger partial charge in [-0.25, -0.2) is 0 Å². The summed E-state index contributed by atoms with van der Waals surface area (Å²) in [7, 11) is 3.76. The van der Waals surface area contributed by atoms with Crippen LogP contribution in [-0.2, 0) is 0 Å². The Morgan fingerprint density at radius 2 is 2.00 bits per heavy atom. The minimum Gasteiger partial charge on any atom is -0.461 e. The fourth-order valence-electron chi connectivity index (χ4n) is 1.39. The molecule has 102 valence electrons. The first kappa shape index (κ1) is 14.5. The predicted molar refractivity (Wildman–Crippen MR) is 73.3 cm³/mol. The molecule has 0 aliphatic carbocycles. The molecule has 1 aromatic rings. The van der Waals surface area contributed by atoms with Gasteiger partial charge in [0.25, 0.3) is 0 Å². The van der Waals surface area contributed by atoms with Crippen molar-refractivity contribution in [2.75, 3.05) is 30.9 Å². The molecule has 6 nitrogen and oxygen atoms in total. The van der Waals surface area contributed by atoms with E-state index in [0.29, 0.717) is 17.9 Å². The Labute approximate surface area is 109 Å². The van der Waals surface area contributed by atoms with Gasteiger partial charge in [-0.05, 0) is 20.3 Å². The van der Waals surface area contributed by atoms with Crippen molar-refractivity contribution in [2.24, 2.45) is 0 Å². The van der Waals surface area contributed by atoms with Gasteiger partial charge in [0.05, 0.1) is 6.10 Å². The molecular formula is C12H23N5O. The lowest BCUT2D eigenvalue weighted by Crippen LogP contribution is -2.22. The lowest BCUT2D eigenvalue weighted by Gasteiger charge is -2.18. The van der Waals surface area contributed by atoms with Gasteiger partial charge in [0.1, 0.15) is 0 Å². The van der Waals surface area contributed by atoms with E-state index in [-0.39, 0.29) is 6.10 Å². The molecule has 1 heterocycles. The van der Waals surface area contributed by atoms with Crippen LogP contribution in [0.3, 0.4) is 0 Å². The van der Waals surface area contributed by atoms with Gasteiger partial charge in [-0.3, -0.25) is 0 Å². The van der Waals surface area contributed by atoms with Crippen LogP contribution in [0.15, 0.2) is 0 Å². The molecule has 1 aromatic heterocycles.